The first-order valence-electron chi connectivity index (χ1n) is 3.68. The maximum absolute atomic E-state index is 6.58. The van der Waals surface area contributed by atoms with Crippen LogP contribution >= 0.6 is 0 Å². The van der Waals surface area contributed by atoms with Gasteiger partial charge in [0.05, 0.1) is 0 Å². The van der Waals surface area contributed by atoms with E-state index in [9.17, 15) is 0 Å². The molecule has 0 N–H and O–H groups in total. The van der Waals surface area contributed by atoms with Crippen LogP contribution in [0.4, 0.5) is 0 Å². The Morgan fingerprint density at radius 3 is 2.78 bits per heavy atom. The molecule has 0 radical (unpaired) electrons. The third-order valence-corrected chi connectivity index (χ3v) is 2.12. The maximum Gasteiger partial charge on any atom is 0.214 e. The van der Waals surface area contributed by atoms with E-state index in [2.05, 4.69) is 11.8 Å². The normalized spacial score (nSPS) is 20.9. The van der Waals surface area contributed by atoms with E-state index in [0.717, 1.165) is 24.8 Å². The summed E-state index contributed by atoms with van der Waals surface area (Å²) < 4.78 is 0. The number of hydrogen-bond acceptors (Lipinski definition) is 0. The van der Waals surface area contributed by atoms with Gasteiger partial charge in [0.25, 0.3) is 0 Å². The summed E-state index contributed by atoms with van der Waals surface area (Å²) >= 11 is 0. The van der Waals surface area contributed by atoms with Gasteiger partial charge in [0, 0.05) is 6.42 Å². The van der Waals surface area contributed by atoms with Crippen LogP contribution < -0.4 is 0 Å². The SMILES string of the molecule is [C-]#[N+]CCC(C)C1CC1. The van der Waals surface area contributed by atoms with E-state index in [1.165, 1.54) is 12.8 Å². The third kappa shape index (κ3) is 2.05. The van der Waals surface area contributed by atoms with Crippen molar-refractivity contribution in [3.63, 3.8) is 0 Å². The van der Waals surface area contributed by atoms with Crippen LogP contribution in [0.3, 0.4) is 0 Å². The molecule has 0 heterocycles. The van der Waals surface area contributed by atoms with Crippen molar-refractivity contribution in [2.75, 3.05) is 6.54 Å². The van der Waals surface area contributed by atoms with Gasteiger partial charge in [-0.2, -0.15) is 0 Å². The summed E-state index contributed by atoms with van der Waals surface area (Å²) in [6, 6.07) is 0. The van der Waals surface area contributed by atoms with Crippen molar-refractivity contribution in [3.8, 4) is 0 Å². The zero-order valence-electron chi connectivity index (χ0n) is 5.93. The summed E-state index contributed by atoms with van der Waals surface area (Å²) in [6.07, 6.45) is 3.95. The highest BCUT2D eigenvalue weighted by Crippen LogP contribution is 2.37. The van der Waals surface area contributed by atoms with Crippen LogP contribution in [0.1, 0.15) is 26.2 Å². The Morgan fingerprint density at radius 1 is 1.67 bits per heavy atom. The predicted molar refractivity (Wildman–Crippen MR) is 38.0 cm³/mol. The van der Waals surface area contributed by atoms with E-state index >= 15 is 0 Å². The monoisotopic (exact) mass is 123 g/mol. The molecule has 0 aliphatic heterocycles. The van der Waals surface area contributed by atoms with E-state index < -0.39 is 0 Å². The lowest BCUT2D eigenvalue weighted by Gasteiger charge is -2.02. The Balaban J connectivity index is 2.04. The average Bonchev–Trinajstić information content (AvgIpc) is 2.63. The highest BCUT2D eigenvalue weighted by molar-refractivity contribution is 4.80. The molecule has 1 aliphatic carbocycles. The molecule has 0 saturated heterocycles. The molecule has 1 fully saturated rings. The van der Waals surface area contributed by atoms with Gasteiger partial charge in [0.1, 0.15) is 0 Å². The van der Waals surface area contributed by atoms with Crippen LogP contribution in [0.25, 0.3) is 4.85 Å². The zero-order chi connectivity index (χ0) is 6.69. The number of nitrogens with zero attached hydrogens (tertiary/aromatic N) is 1. The molecule has 1 atom stereocenters. The molecule has 0 spiro atoms. The van der Waals surface area contributed by atoms with Gasteiger partial charge in [-0.3, -0.25) is 0 Å². The molecule has 9 heavy (non-hydrogen) atoms. The Hall–Kier alpha value is -0.510. The van der Waals surface area contributed by atoms with Gasteiger partial charge in [-0.1, -0.05) is 6.92 Å². The van der Waals surface area contributed by atoms with Gasteiger partial charge in [0.2, 0.25) is 6.54 Å². The quantitative estimate of drug-likeness (QED) is 0.507. The molecule has 0 bridgehead atoms. The summed E-state index contributed by atoms with van der Waals surface area (Å²) in [7, 11) is 0. The van der Waals surface area contributed by atoms with E-state index in [1.807, 2.05) is 0 Å². The fourth-order valence-electron chi connectivity index (χ4n) is 1.17. The fraction of sp³-hybridized carbons (Fsp3) is 0.875. The summed E-state index contributed by atoms with van der Waals surface area (Å²) in [4.78, 5) is 3.34. The molecular weight excluding hydrogens is 110 g/mol. The van der Waals surface area contributed by atoms with Crippen LogP contribution in [0.2, 0.25) is 0 Å². The molecule has 0 aromatic heterocycles. The molecule has 50 valence electrons. The van der Waals surface area contributed by atoms with Crippen molar-refractivity contribution in [1.29, 1.82) is 0 Å². The first kappa shape index (κ1) is 6.61. The molecule has 0 amide bonds. The van der Waals surface area contributed by atoms with E-state index in [4.69, 9.17) is 6.57 Å². The van der Waals surface area contributed by atoms with E-state index in [-0.39, 0.29) is 0 Å². The van der Waals surface area contributed by atoms with Crippen LogP contribution in [0, 0.1) is 18.4 Å². The van der Waals surface area contributed by atoms with Gasteiger partial charge in [-0.05, 0) is 24.7 Å². The zero-order valence-corrected chi connectivity index (χ0v) is 5.93. The first-order chi connectivity index (χ1) is 4.34. The first-order valence-corrected chi connectivity index (χ1v) is 3.68. The second-order valence-corrected chi connectivity index (χ2v) is 2.99. The average molecular weight is 123 g/mol. The lowest BCUT2D eigenvalue weighted by molar-refractivity contribution is 0.488. The predicted octanol–water partition coefficient (Wildman–Crippen LogP) is 2.34. The van der Waals surface area contributed by atoms with Crippen molar-refractivity contribution < 1.29 is 0 Å². The largest absolute Gasteiger partial charge is 0.317 e. The van der Waals surface area contributed by atoms with Crippen LogP contribution in [-0.2, 0) is 0 Å². The molecule has 0 aromatic rings. The Morgan fingerprint density at radius 2 is 2.33 bits per heavy atom. The van der Waals surface area contributed by atoms with Gasteiger partial charge < -0.3 is 4.85 Å². The van der Waals surface area contributed by atoms with Crippen LogP contribution in [0.5, 0.6) is 0 Å². The Labute approximate surface area is 56.9 Å². The minimum absolute atomic E-state index is 0.734. The van der Waals surface area contributed by atoms with Crippen molar-refractivity contribution in [2.45, 2.75) is 26.2 Å². The van der Waals surface area contributed by atoms with Crippen molar-refractivity contribution >= 4 is 0 Å². The molecule has 1 rings (SSSR count). The van der Waals surface area contributed by atoms with Gasteiger partial charge in [0.15, 0.2) is 0 Å². The van der Waals surface area contributed by atoms with Gasteiger partial charge in [-0.15, -0.1) is 0 Å². The second-order valence-electron chi connectivity index (χ2n) is 2.99. The highest BCUT2D eigenvalue weighted by atomic mass is 14.6. The third-order valence-electron chi connectivity index (χ3n) is 2.12. The molecule has 1 aliphatic rings. The standard InChI is InChI=1S/C8H13N/c1-7(5-6-9-2)8-3-4-8/h7-8H,3-6H2,1H3. The number of hydrogen-bond donors (Lipinski definition) is 0. The van der Waals surface area contributed by atoms with E-state index in [0.29, 0.717) is 0 Å². The smallest absolute Gasteiger partial charge is 0.214 e. The lowest BCUT2D eigenvalue weighted by Crippen LogP contribution is -1.97. The summed E-state index contributed by atoms with van der Waals surface area (Å²) in [5, 5.41) is 0. The maximum atomic E-state index is 6.58. The van der Waals surface area contributed by atoms with E-state index in [1.54, 1.807) is 0 Å². The second kappa shape index (κ2) is 2.87. The van der Waals surface area contributed by atoms with Gasteiger partial charge >= 0.3 is 0 Å². The van der Waals surface area contributed by atoms with Crippen molar-refractivity contribution in [1.82, 2.24) is 0 Å². The molecule has 1 nitrogen and oxygen atoms in total. The lowest BCUT2D eigenvalue weighted by atomic mass is 10.0. The van der Waals surface area contributed by atoms with Crippen LogP contribution in [0.15, 0.2) is 0 Å². The molecule has 0 aromatic carbocycles. The molecule has 1 saturated carbocycles. The van der Waals surface area contributed by atoms with Crippen LogP contribution in [-0.4, -0.2) is 6.54 Å². The minimum atomic E-state index is 0.734. The highest BCUT2D eigenvalue weighted by Gasteiger charge is 2.27. The van der Waals surface area contributed by atoms with Crippen molar-refractivity contribution in [2.24, 2.45) is 11.8 Å². The summed E-state index contributed by atoms with van der Waals surface area (Å²) in [5.41, 5.74) is 0. The van der Waals surface area contributed by atoms with Crippen molar-refractivity contribution in [3.05, 3.63) is 11.4 Å². The topological polar surface area (TPSA) is 4.36 Å². The fourth-order valence-corrected chi connectivity index (χ4v) is 1.17. The van der Waals surface area contributed by atoms with Gasteiger partial charge in [-0.25, -0.2) is 6.57 Å². The summed E-state index contributed by atoms with van der Waals surface area (Å²) in [6.45, 7) is 9.58. The Kier molecular flexibility index (Phi) is 2.10. The Bertz CT molecular complexity index is 119. The molecule has 1 heteroatoms. The molecule has 1 unspecified atom stereocenters. The minimum Gasteiger partial charge on any atom is -0.317 e. The number of rotatable bonds is 3. The summed E-state index contributed by atoms with van der Waals surface area (Å²) in [5.74, 6) is 1.80. The molecular formula is C8H13N.